The number of hydrogen-bond donors (Lipinski definition) is 2. The van der Waals surface area contributed by atoms with Crippen molar-refractivity contribution >= 4 is 5.57 Å². The third kappa shape index (κ3) is 3.06. The molecule has 1 fully saturated rings. The van der Waals surface area contributed by atoms with Gasteiger partial charge in [0.15, 0.2) is 0 Å². The van der Waals surface area contributed by atoms with Crippen LogP contribution in [0.5, 0.6) is 5.75 Å². The van der Waals surface area contributed by atoms with Crippen LogP contribution >= 0.6 is 0 Å². The standard InChI is InChI=1S/C20H28O2/c1-4-14-9-7-8-10-17(14)18(13-21)20-16(6-3)15(5-2)11-12-19(20)22/h4,11-14,17,21-22H,1,5-10H2,2-3H3/b18-13-. The molecule has 2 N–H and O–H groups in total. The normalized spacial score (nSPS) is 22.5. The summed E-state index contributed by atoms with van der Waals surface area (Å²) < 4.78 is 0. The van der Waals surface area contributed by atoms with Gasteiger partial charge >= 0.3 is 0 Å². The third-order valence-electron chi connectivity index (χ3n) is 5.07. The van der Waals surface area contributed by atoms with Crippen LogP contribution in [0.15, 0.2) is 31.0 Å². The molecule has 1 aliphatic rings. The lowest BCUT2D eigenvalue weighted by Crippen LogP contribution is -2.20. The highest BCUT2D eigenvalue weighted by molar-refractivity contribution is 5.75. The van der Waals surface area contributed by atoms with Crippen LogP contribution in [0.2, 0.25) is 0 Å². The van der Waals surface area contributed by atoms with Gasteiger partial charge in [-0.3, -0.25) is 0 Å². The summed E-state index contributed by atoms with van der Waals surface area (Å²) in [5, 5.41) is 20.4. The van der Waals surface area contributed by atoms with E-state index in [1.165, 1.54) is 24.7 Å². The van der Waals surface area contributed by atoms with Crippen molar-refractivity contribution < 1.29 is 10.2 Å². The molecule has 0 heterocycles. The van der Waals surface area contributed by atoms with E-state index in [1.807, 2.05) is 12.1 Å². The average Bonchev–Trinajstić information content (AvgIpc) is 2.57. The van der Waals surface area contributed by atoms with Gasteiger partial charge in [-0.05, 0) is 54.7 Å². The van der Waals surface area contributed by atoms with E-state index in [4.69, 9.17) is 0 Å². The van der Waals surface area contributed by atoms with E-state index in [2.05, 4.69) is 20.4 Å². The van der Waals surface area contributed by atoms with Gasteiger partial charge in [0.2, 0.25) is 0 Å². The highest BCUT2D eigenvalue weighted by atomic mass is 16.3. The van der Waals surface area contributed by atoms with Crippen molar-refractivity contribution in [3.63, 3.8) is 0 Å². The van der Waals surface area contributed by atoms with E-state index in [9.17, 15) is 10.2 Å². The molecule has 0 aromatic heterocycles. The summed E-state index contributed by atoms with van der Waals surface area (Å²) >= 11 is 0. The van der Waals surface area contributed by atoms with Gasteiger partial charge in [0.05, 0.1) is 6.26 Å². The zero-order valence-corrected chi connectivity index (χ0v) is 13.8. The van der Waals surface area contributed by atoms with Crippen molar-refractivity contribution in [1.29, 1.82) is 0 Å². The number of allylic oxidation sites excluding steroid dienone is 2. The maximum Gasteiger partial charge on any atom is 0.123 e. The first kappa shape index (κ1) is 16.7. The molecule has 1 aromatic carbocycles. The molecule has 0 saturated heterocycles. The maximum absolute atomic E-state index is 10.5. The lowest BCUT2D eigenvalue weighted by atomic mass is 9.72. The van der Waals surface area contributed by atoms with Crippen LogP contribution in [-0.2, 0) is 12.8 Å². The molecule has 22 heavy (non-hydrogen) atoms. The lowest BCUT2D eigenvalue weighted by Gasteiger charge is -2.32. The fourth-order valence-electron chi connectivity index (χ4n) is 3.91. The molecule has 1 aromatic rings. The van der Waals surface area contributed by atoms with Gasteiger partial charge in [0.1, 0.15) is 5.75 Å². The molecule has 0 radical (unpaired) electrons. The van der Waals surface area contributed by atoms with E-state index < -0.39 is 0 Å². The summed E-state index contributed by atoms with van der Waals surface area (Å²) in [5.41, 5.74) is 4.15. The van der Waals surface area contributed by atoms with Crippen LogP contribution in [0.3, 0.4) is 0 Å². The summed E-state index contributed by atoms with van der Waals surface area (Å²) in [6.07, 6.45) is 9.57. The topological polar surface area (TPSA) is 40.5 Å². The smallest absolute Gasteiger partial charge is 0.123 e. The molecule has 0 bridgehead atoms. The number of phenolic OH excluding ortho intramolecular Hbond substituents is 1. The molecule has 0 amide bonds. The first-order valence-corrected chi connectivity index (χ1v) is 8.48. The van der Waals surface area contributed by atoms with E-state index in [0.717, 1.165) is 42.4 Å². The number of aliphatic hydroxyl groups excluding tert-OH is 1. The predicted octanol–water partition coefficient (Wildman–Crippen LogP) is 5.41. The number of hydrogen-bond acceptors (Lipinski definition) is 2. The monoisotopic (exact) mass is 300 g/mol. The average molecular weight is 300 g/mol. The summed E-state index contributed by atoms with van der Waals surface area (Å²) in [6, 6.07) is 3.76. The molecule has 2 nitrogen and oxygen atoms in total. The Morgan fingerprint density at radius 3 is 2.55 bits per heavy atom. The first-order chi connectivity index (χ1) is 10.7. The fraction of sp³-hybridized carbons (Fsp3) is 0.500. The zero-order valence-electron chi connectivity index (χ0n) is 13.8. The maximum atomic E-state index is 10.5. The quantitative estimate of drug-likeness (QED) is 0.564. The first-order valence-electron chi connectivity index (χ1n) is 8.48. The highest BCUT2D eigenvalue weighted by Gasteiger charge is 2.29. The number of aliphatic hydroxyl groups is 1. The number of benzene rings is 1. The van der Waals surface area contributed by atoms with E-state index >= 15 is 0 Å². The van der Waals surface area contributed by atoms with Crippen molar-refractivity contribution in [2.24, 2.45) is 11.8 Å². The van der Waals surface area contributed by atoms with Gasteiger partial charge < -0.3 is 10.2 Å². The summed E-state index contributed by atoms with van der Waals surface area (Å²) in [7, 11) is 0. The minimum atomic E-state index is 0.250. The van der Waals surface area contributed by atoms with Crippen molar-refractivity contribution in [3.8, 4) is 5.75 Å². The number of phenols is 1. The van der Waals surface area contributed by atoms with E-state index in [1.54, 1.807) is 6.07 Å². The van der Waals surface area contributed by atoms with Crippen molar-refractivity contribution in [2.75, 3.05) is 0 Å². The molecule has 2 unspecified atom stereocenters. The largest absolute Gasteiger partial charge is 0.515 e. The van der Waals surface area contributed by atoms with Gasteiger partial charge in [-0.1, -0.05) is 38.8 Å². The summed E-state index contributed by atoms with van der Waals surface area (Å²) in [5.74, 6) is 0.906. The summed E-state index contributed by atoms with van der Waals surface area (Å²) in [4.78, 5) is 0. The molecule has 0 aliphatic heterocycles. The number of aryl methyl sites for hydroxylation is 1. The molecular weight excluding hydrogens is 272 g/mol. The van der Waals surface area contributed by atoms with Crippen LogP contribution in [0.4, 0.5) is 0 Å². The third-order valence-corrected chi connectivity index (χ3v) is 5.07. The molecule has 0 spiro atoms. The fourth-order valence-corrected chi connectivity index (χ4v) is 3.91. The Labute approximate surface area is 134 Å². The van der Waals surface area contributed by atoms with Crippen LogP contribution in [-0.4, -0.2) is 10.2 Å². The lowest BCUT2D eigenvalue weighted by molar-refractivity contribution is 0.340. The molecule has 2 rings (SSSR count). The Hall–Kier alpha value is -1.70. The predicted molar refractivity (Wildman–Crippen MR) is 93.1 cm³/mol. The van der Waals surface area contributed by atoms with Crippen LogP contribution in [0, 0.1) is 11.8 Å². The SMILES string of the molecule is C=CC1CCCCC1/C(=C/O)c1c(O)ccc(CC)c1CC. The molecule has 1 saturated carbocycles. The Morgan fingerprint density at radius 1 is 1.23 bits per heavy atom. The highest BCUT2D eigenvalue weighted by Crippen LogP contribution is 2.44. The van der Waals surface area contributed by atoms with Gasteiger partial charge in [-0.15, -0.1) is 6.58 Å². The molecule has 2 heteroatoms. The Kier molecular flexibility index (Phi) is 5.70. The Balaban J connectivity index is 2.54. The minimum Gasteiger partial charge on any atom is -0.515 e. The molecule has 1 aliphatic carbocycles. The summed E-state index contributed by atoms with van der Waals surface area (Å²) in [6.45, 7) is 8.21. The second-order valence-electron chi connectivity index (χ2n) is 6.18. The van der Waals surface area contributed by atoms with Crippen molar-refractivity contribution in [1.82, 2.24) is 0 Å². The molecule has 2 atom stereocenters. The van der Waals surface area contributed by atoms with Gasteiger partial charge in [-0.2, -0.15) is 0 Å². The number of rotatable bonds is 5. The Bertz CT molecular complexity index is 557. The van der Waals surface area contributed by atoms with Gasteiger partial charge in [0, 0.05) is 11.1 Å². The van der Waals surface area contributed by atoms with E-state index in [0.29, 0.717) is 5.92 Å². The minimum absolute atomic E-state index is 0.250. The molecule has 120 valence electrons. The van der Waals surface area contributed by atoms with E-state index in [-0.39, 0.29) is 11.7 Å². The second-order valence-corrected chi connectivity index (χ2v) is 6.18. The van der Waals surface area contributed by atoms with Crippen molar-refractivity contribution in [3.05, 3.63) is 47.7 Å². The second kappa shape index (κ2) is 7.53. The van der Waals surface area contributed by atoms with Crippen LogP contribution < -0.4 is 0 Å². The van der Waals surface area contributed by atoms with Gasteiger partial charge in [0.25, 0.3) is 0 Å². The van der Waals surface area contributed by atoms with Crippen LogP contribution in [0.25, 0.3) is 5.57 Å². The Morgan fingerprint density at radius 2 is 1.95 bits per heavy atom. The molecular formula is C20H28O2. The number of aromatic hydroxyl groups is 1. The van der Waals surface area contributed by atoms with Gasteiger partial charge in [-0.25, -0.2) is 0 Å². The van der Waals surface area contributed by atoms with Crippen molar-refractivity contribution in [2.45, 2.75) is 52.4 Å². The van der Waals surface area contributed by atoms with Crippen LogP contribution in [0.1, 0.15) is 56.2 Å². The zero-order chi connectivity index (χ0) is 16.1.